The number of thiazole rings is 1. The van der Waals surface area contributed by atoms with E-state index in [4.69, 9.17) is 0 Å². The third kappa shape index (κ3) is 3.10. The maximum absolute atomic E-state index is 4.56. The van der Waals surface area contributed by atoms with E-state index in [9.17, 15) is 0 Å². The molecule has 3 heteroatoms. The zero-order valence-electron chi connectivity index (χ0n) is 13.3. The third-order valence-corrected chi connectivity index (χ3v) is 5.04. The fraction of sp³-hybridized carbons (Fsp3) is 0.471. The Bertz CT molecular complexity index is 590. The molecule has 1 heterocycles. The number of likely N-dealkylation sites (N-methyl/N-ethyl adjacent to an activating group) is 1. The Labute approximate surface area is 126 Å². The number of rotatable bonds is 4. The summed E-state index contributed by atoms with van der Waals surface area (Å²) in [4.78, 5) is 5.92. The van der Waals surface area contributed by atoms with Crippen LogP contribution in [-0.2, 0) is 6.42 Å². The van der Waals surface area contributed by atoms with Crippen molar-refractivity contribution in [2.24, 2.45) is 0 Å². The molecule has 2 aromatic rings. The first kappa shape index (κ1) is 15.2. The molecule has 2 nitrogen and oxygen atoms in total. The fourth-order valence-corrected chi connectivity index (χ4v) is 3.97. The molecule has 0 radical (unpaired) electrons. The first-order chi connectivity index (χ1) is 9.42. The zero-order valence-corrected chi connectivity index (χ0v) is 14.1. The summed E-state index contributed by atoms with van der Waals surface area (Å²) in [7, 11) is 2.04. The van der Waals surface area contributed by atoms with Crippen molar-refractivity contribution >= 4 is 11.3 Å². The fourth-order valence-electron chi connectivity index (χ4n) is 2.93. The second-order valence-corrected chi connectivity index (χ2v) is 6.84. The van der Waals surface area contributed by atoms with Gasteiger partial charge in [-0.3, -0.25) is 0 Å². The molecule has 1 aromatic carbocycles. The van der Waals surface area contributed by atoms with Crippen molar-refractivity contribution < 1.29 is 0 Å². The second kappa shape index (κ2) is 6.06. The van der Waals surface area contributed by atoms with Crippen LogP contribution in [0.15, 0.2) is 12.1 Å². The van der Waals surface area contributed by atoms with Gasteiger partial charge in [0.2, 0.25) is 0 Å². The van der Waals surface area contributed by atoms with Gasteiger partial charge in [0.1, 0.15) is 0 Å². The van der Waals surface area contributed by atoms with Gasteiger partial charge in [-0.2, -0.15) is 0 Å². The highest BCUT2D eigenvalue weighted by molar-refractivity contribution is 7.11. The average molecular weight is 288 g/mol. The zero-order chi connectivity index (χ0) is 14.9. The molecular weight excluding hydrogens is 264 g/mol. The highest BCUT2D eigenvalue weighted by atomic mass is 32.1. The summed E-state index contributed by atoms with van der Waals surface area (Å²) in [5.41, 5.74) is 6.74. The largest absolute Gasteiger partial charge is 0.312 e. The van der Waals surface area contributed by atoms with Crippen LogP contribution in [0.5, 0.6) is 0 Å². The van der Waals surface area contributed by atoms with Gasteiger partial charge in [-0.05, 0) is 64.8 Å². The van der Waals surface area contributed by atoms with Crippen molar-refractivity contribution in [1.82, 2.24) is 10.3 Å². The van der Waals surface area contributed by atoms with E-state index in [1.165, 1.54) is 27.1 Å². The molecule has 0 spiro atoms. The molecule has 0 aliphatic carbocycles. The quantitative estimate of drug-likeness (QED) is 0.912. The van der Waals surface area contributed by atoms with E-state index in [0.29, 0.717) is 6.04 Å². The Balaban J connectivity index is 2.34. The van der Waals surface area contributed by atoms with Crippen LogP contribution in [0.1, 0.15) is 43.9 Å². The van der Waals surface area contributed by atoms with Gasteiger partial charge in [-0.1, -0.05) is 17.7 Å². The molecule has 0 fully saturated rings. The summed E-state index contributed by atoms with van der Waals surface area (Å²) in [5.74, 6) is 0. The van der Waals surface area contributed by atoms with Gasteiger partial charge in [-0.25, -0.2) is 4.98 Å². The minimum atomic E-state index is 0.348. The topological polar surface area (TPSA) is 24.9 Å². The number of hydrogen-bond acceptors (Lipinski definition) is 3. The van der Waals surface area contributed by atoms with E-state index >= 15 is 0 Å². The van der Waals surface area contributed by atoms with Crippen molar-refractivity contribution in [3.05, 3.63) is 50.0 Å². The van der Waals surface area contributed by atoms with Crippen molar-refractivity contribution in [3.8, 4) is 0 Å². The number of nitrogens with zero attached hydrogens (tertiary/aromatic N) is 1. The normalized spacial score (nSPS) is 12.7. The van der Waals surface area contributed by atoms with E-state index in [1.54, 1.807) is 0 Å². The van der Waals surface area contributed by atoms with Crippen LogP contribution in [-0.4, -0.2) is 12.0 Å². The molecule has 1 N–H and O–H groups in total. The Morgan fingerprint density at radius 2 is 1.70 bits per heavy atom. The van der Waals surface area contributed by atoms with Crippen molar-refractivity contribution in [2.75, 3.05) is 7.05 Å². The smallest absolute Gasteiger partial charge is 0.0900 e. The van der Waals surface area contributed by atoms with Crippen LogP contribution < -0.4 is 5.32 Å². The molecule has 0 aliphatic rings. The van der Waals surface area contributed by atoms with E-state index in [0.717, 1.165) is 17.1 Å². The van der Waals surface area contributed by atoms with Crippen LogP contribution >= 0.6 is 11.3 Å². The molecule has 20 heavy (non-hydrogen) atoms. The molecule has 1 unspecified atom stereocenters. The van der Waals surface area contributed by atoms with Crippen LogP contribution in [0.3, 0.4) is 0 Å². The summed E-state index contributed by atoms with van der Waals surface area (Å²) in [5, 5.41) is 4.61. The molecule has 108 valence electrons. The van der Waals surface area contributed by atoms with Crippen molar-refractivity contribution in [2.45, 2.75) is 47.1 Å². The summed E-state index contributed by atoms with van der Waals surface area (Å²) < 4.78 is 0. The molecule has 0 amide bonds. The molecule has 0 saturated carbocycles. The lowest BCUT2D eigenvalue weighted by Gasteiger charge is -2.19. The molecule has 2 rings (SSSR count). The number of benzene rings is 1. The lowest BCUT2D eigenvalue weighted by atomic mass is 9.93. The Hall–Kier alpha value is -1.19. The molecule has 1 aromatic heterocycles. The minimum absolute atomic E-state index is 0.348. The van der Waals surface area contributed by atoms with E-state index in [1.807, 2.05) is 18.4 Å². The molecular formula is C17H24N2S. The van der Waals surface area contributed by atoms with Gasteiger partial charge in [-0.15, -0.1) is 11.3 Å². The van der Waals surface area contributed by atoms with Gasteiger partial charge >= 0.3 is 0 Å². The van der Waals surface area contributed by atoms with Gasteiger partial charge in [0.25, 0.3) is 0 Å². The summed E-state index contributed by atoms with van der Waals surface area (Å²) >= 11 is 1.81. The Morgan fingerprint density at radius 1 is 1.10 bits per heavy atom. The van der Waals surface area contributed by atoms with Crippen LogP contribution in [0.2, 0.25) is 0 Å². The highest BCUT2D eigenvalue weighted by Crippen LogP contribution is 2.29. The lowest BCUT2D eigenvalue weighted by Crippen LogP contribution is -2.19. The second-order valence-electron chi connectivity index (χ2n) is 5.61. The standard InChI is InChI=1S/C17H24N2S/c1-10-7-11(2)15(12(3)8-10)9-16(18-6)17-13(4)19-14(5)20-17/h7-8,16,18H,9H2,1-6H3. The predicted octanol–water partition coefficient (Wildman–Crippen LogP) is 4.19. The predicted molar refractivity (Wildman–Crippen MR) is 87.7 cm³/mol. The Morgan fingerprint density at radius 3 is 2.15 bits per heavy atom. The van der Waals surface area contributed by atoms with Crippen LogP contribution in [0, 0.1) is 34.6 Å². The number of nitrogens with one attached hydrogen (secondary N) is 1. The SMILES string of the molecule is CNC(Cc1c(C)cc(C)cc1C)c1sc(C)nc1C. The maximum Gasteiger partial charge on any atom is 0.0900 e. The summed E-state index contributed by atoms with van der Waals surface area (Å²) in [6.45, 7) is 10.8. The molecule has 1 atom stereocenters. The van der Waals surface area contributed by atoms with E-state index in [2.05, 4.69) is 57.1 Å². The molecule has 0 bridgehead atoms. The number of aromatic nitrogens is 1. The maximum atomic E-state index is 4.56. The van der Waals surface area contributed by atoms with E-state index in [-0.39, 0.29) is 0 Å². The molecule has 0 aliphatic heterocycles. The van der Waals surface area contributed by atoms with Gasteiger partial charge in [0.05, 0.1) is 10.7 Å². The van der Waals surface area contributed by atoms with E-state index < -0.39 is 0 Å². The monoisotopic (exact) mass is 288 g/mol. The first-order valence-corrected chi connectivity index (χ1v) is 7.92. The van der Waals surface area contributed by atoms with Crippen LogP contribution in [0.4, 0.5) is 0 Å². The summed E-state index contributed by atoms with van der Waals surface area (Å²) in [6, 6.07) is 4.90. The van der Waals surface area contributed by atoms with Gasteiger partial charge in [0.15, 0.2) is 0 Å². The van der Waals surface area contributed by atoms with Crippen molar-refractivity contribution in [1.29, 1.82) is 0 Å². The first-order valence-electron chi connectivity index (χ1n) is 7.10. The number of aryl methyl sites for hydroxylation is 5. The average Bonchev–Trinajstić information content (AvgIpc) is 2.67. The highest BCUT2D eigenvalue weighted by Gasteiger charge is 2.18. The third-order valence-electron chi connectivity index (χ3n) is 3.85. The summed E-state index contributed by atoms with van der Waals surface area (Å²) in [6.07, 6.45) is 1.02. The minimum Gasteiger partial charge on any atom is -0.312 e. The van der Waals surface area contributed by atoms with Crippen LogP contribution in [0.25, 0.3) is 0 Å². The number of hydrogen-bond donors (Lipinski definition) is 1. The van der Waals surface area contributed by atoms with Gasteiger partial charge < -0.3 is 5.32 Å². The van der Waals surface area contributed by atoms with Gasteiger partial charge in [0, 0.05) is 10.9 Å². The van der Waals surface area contributed by atoms with Crippen molar-refractivity contribution in [3.63, 3.8) is 0 Å². The Kier molecular flexibility index (Phi) is 4.61. The molecule has 0 saturated heterocycles. The lowest BCUT2D eigenvalue weighted by molar-refractivity contribution is 0.594.